The van der Waals surface area contributed by atoms with Crippen molar-refractivity contribution in [3.8, 4) is 5.75 Å². The van der Waals surface area contributed by atoms with Crippen LogP contribution in [0.5, 0.6) is 5.75 Å². The van der Waals surface area contributed by atoms with Gasteiger partial charge >= 0.3 is 5.97 Å². The van der Waals surface area contributed by atoms with Crippen LogP contribution in [0.2, 0.25) is 0 Å². The van der Waals surface area contributed by atoms with Gasteiger partial charge in [0.25, 0.3) is 0 Å². The molecule has 6 heteroatoms. The first-order chi connectivity index (χ1) is 8.56. The van der Waals surface area contributed by atoms with Crippen molar-refractivity contribution in [2.45, 2.75) is 6.61 Å². The predicted octanol–water partition coefficient (Wildman–Crippen LogP) is 3.93. The summed E-state index contributed by atoms with van der Waals surface area (Å²) in [7, 11) is 0. The molecule has 0 saturated heterocycles. The Kier molecular flexibility index (Phi) is 3.98. The molecule has 0 bridgehead atoms. The van der Waals surface area contributed by atoms with Crippen LogP contribution in [0.3, 0.4) is 0 Å². The predicted molar refractivity (Wildman–Crippen MR) is 69.7 cm³/mol. The lowest BCUT2D eigenvalue weighted by Crippen LogP contribution is -1.95. The molecule has 0 unspecified atom stereocenters. The molecule has 0 spiro atoms. The van der Waals surface area contributed by atoms with Gasteiger partial charge in [0, 0.05) is 9.35 Å². The lowest BCUT2D eigenvalue weighted by molar-refractivity contribution is 0.0702. The summed E-state index contributed by atoms with van der Waals surface area (Å²) < 4.78 is 19.4. The number of aromatic carboxylic acids is 1. The van der Waals surface area contributed by atoms with Crippen LogP contribution in [-0.2, 0) is 6.61 Å². The highest BCUT2D eigenvalue weighted by Crippen LogP contribution is 2.24. The SMILES string of the molecule is O=C(O)c1ccc(COc2cc(Br)ccc2F)s1. The average molecular weight is 331 g/mol. The third kappa shape index (κ3) is 3.08. The van der Waals surface area contributed by atoms with Crippen LogP contribution >= 0.6 is 27.3 Å². The van der Waals surface area contributed by atoms with E-state index in [-0.39, 0.29) is 17.2 Å². The highest BCUT2D eigenvalue weighted by atomic mass is 79.9. The Bertz CT molecular complexity index is 582. The molecule has 0 saturated carbocycles. The van der Waals surface area contributed by atoms with Crippen LogP contribution in [0.1, 0.15) is 14.5 Å². The van der Waals surface area contributed by atoms with Crippen LogP contribution < -0.4 is 4.74 Å². The summed E-state index contributed by atoms with van der Waals surface area (Å²) in [6, 6.07) is 7.57. The maximum absolute atomic E-state index is 13.4. The molecule has 0 aliphatic rings. The number of benzene rings is 1. The summed E-state index contributed by atoms with van der Waals surface area (Å²) in [5.74, 6) is -1.29. The van der Waals surface area contributed by atoms with Gasteiger partial charge in [-0.25, -0.2) is 9.18 Å². The number of ether oxygens (including phenoxy) is 1. The van der Waals surface area contributed by atoms with Crippen molar-refractivity contribution >= 4 is 33.2 Å². The normalized spacial score (nSPS) is 10.3. The van der Waals surface area contributed by atoms with Crippen LogP contribution in [0.15, 0.2) is 34.8 Å². The number of rotatable bonds is 4. The Morgan fingerprint density at radius 3 is 2.83 bits per heavy atom. The maximum atomic E-state index is 13.4. The van der Waals surface area contributed by atoms with Crippen LogP contribution in [0.25, 0.3) is 0 Å². The van der Waals surface area contributed by atoms with Crippen molar-refractivity contribution in [3.63, 3.8) is 0 Å². The van der Waals surface area contributed by atoms with Gasteiger partial charge in [-0.1, -0.05) is 15.9 Å². The summed E-state index contributed by atoms with van der Waals surface area (Å²) in [6.45, 7) is 0.144. The van der Waals surface area contributed by atoms with E-state index in [1.807, 2.05) is 0 Å². The van der Waals surface area contributed by atoms with Crippen molar-refractivity contribution in [2.75, 3.05) is 0 Å². The summed E-state index contributed by atoms with van der Waals surface area (Å²) in [6.07, 6.45) is 0. The smallest absolute Gasteiger partial charge is 0.345 e. The second-order valence-electron chi connectivity index (χ2n) is 3.43. The third-order valence-corrected chi connectivity index (χ3v) is 3.68. The van der Waals surface area contributed by atoms with Gasteiger partial charge in [-0.3, -0.25) is 0 Å². The lowest BCUT2D eigenvalue weighted by atomic mass is 10.3. The Morgan fingerprint density at radius 1 is 1.39 bits per heavy atom. The van der Waals surface area contributed by atoms with E-state index in [9.17, 15) is 9.18 Å². The monoisotopic (exact) mass is 330 g/mol. The molecular formula is C12H8BrFO3S. The van der Waals surface area contributed by atoms with E-state index in [1.54, 1.807) is 12.1 Å². The second kappa shape index (κ2) is 5.49. The van der Waals surface area contributed by atoms with Crippen molar-refractivity contribution in [2.24, 2.45) is 0 Å². The van der Waals surface area contributed by atoms with Gasteiger partial charge in [0.2, 0.25) is 0 Å². The van der Waals surface area contributed by atoms with Gasteiger partial charge < -0.3 is 9.84 Å². The average Bonchev–Trinajstić information content (AvgIpc) is 2.79. The van der Waals surface area contributed by atoms with Crippen molar-refractivity contribution < 1.29 is 19.0 Å². The molecule has 0 aliphatic carbocycles. The van der Waals surface area contributed by atoms with E-state index in [4.69, 9.17) is 9.84 Å². The fourth-order valence-electron chi connectivity index (χ4n) is 1.31. The fraction of sp³-hybridized carbons (Fsp3) is 0.0833. The van der Waals surface area contributed by atoms with Gasteiger partial charge in [0.05, 0.1) is 0 Å². The molecule has 0 aliphatic heterocycles. The molecule has 0 atom stereocenters. The standard InChI is InChI=1S/C12H8BrFO3S/c13-7-1-3-9(14)10(5-7)17-6-8-2-4-11(18-8)12(15)16/h1-5H,6H2,(H,15,16). The molecule has 1 heterocycles. The van der Waals surface area contributed by atoms with E-state index in [1.165, 1.54) is 18.2 Å². The van der Waals surface area contributed by atoms with Gasteiger partial charge in [-0.15, -0.1) is 11.3 Å². The van der Waals surface area contributed by atoms with Crippen LogP contribution in [0, 0.1) is 5.82 Å². The summed E-state index contributed by atoms with van der Waals surface area (Å²) >= 11 is 4.34. The van der Waals surface area contributed by atoms with Crippen LogP contribution in [-0.4, -0.2) is 11.1 Å². The molecule has 0 fully saturated rings. The minimum absolute atomic E-state index is 0.134. The number of hydrogen-bond donors (Lipinski definition) is 1. The Balaban J connectivity index is 2.06. The highest BCUT2D eigenvalue weighted by Gasteiger charge is 2.09. The molecule has 1 aromatic carbocycles. The summed E-state index contributed by atoms with van der Waals surface area (Å²) in [5.41, 5.74) is 0. The topological polar surface area (TPSA) is 46.5 Å². The fourth-order valence-corrected chi connectivity index (χ4v) is 2.41. The number of halogens is 2. The second-order valence-corrected chi connectivity index (χ2v) is 5.52. The Labute approximate surface area is 115 Å². The third-order valence-electron chi connectivity index (χ3n) is 2.14. The molecule has 2 aromatic rings. The first kappa shape index (κ1) is 13.0. The van der Waals surface area contributed by atoms with Gasteiger partial charge in [-0.05, 0) is 30.3 Å². The number of hydrogen-bond acceptors (Lipinski definition) is 3. The van der Waals surface area contributed by atoms with E-state index >= 15 is 0 Å². The molecule has 94 valence electrons. The van der Waals surface area contributed by atoms with Gasteiger partial charge in [0.1, 0.15) is 11.5 Å². The number of carbonyl (C=O) groups is 1. The zero-order valence-electron chi connectivity index (χ0n) is 9.02. The van der Waals surface area contributed by atoms with Crippen molar-refractivity contribution in [3.05, 3.63) is 50.4 Å². The summed E-state index contributed by atoms with van der Waals surface area (Å²) in [5, 5.41) is 8.77. The largest absolute Gasteiger partial charge is 0.485 e. The highest BCUT2D eigenvalue weighted by molar-refractivity contribution is 9.10. The Hall–Kier alpha value is -1.40. The van der Waals surface area contributed by atoms with E-state index in [2.05, 4.69) is 15.9 Å². The van der Waals surface area contributed by atoms with Crippen LogP contribution in [0.4, 0.5) is 4.39 Å². The molecule has 0 amide bonds. The van der Waals surface area contributed by atoms with Crippen molar-refractivity contribution in [1.82, 2.24) is 0 Å². The molecule has 3 nitrogen and oxygen atoms in total. The van der Waals surface area contributed by atoms with Crippen molar-refractivity contribution in [1.29, 1.82) is 0 Å². The van der Waals surface area contributed by atoms with E-state index in [0.717, 1.165) is 20.7 Å². The minimum Gasteiger partial charge on any atom is -0.485 e. The number of carboxylic acid groups (broad SMARTS) is 1. The summed E-state index contributed by atoms with van der Waals surface area (Å²) in [4.78, 5) is 11.7. The maximum Gasteiger partial charge on any atom is 0.345 e. The lowest BCUT2D eigenvalue weighted by Gasteiger charge is -2.06. The first-order valence-electron chi connectivity index (χ1n) is 4.96. The minimum atomic E-state index is -0.972. The quantitative estimate of drug-likeness (QED) is 0.923. The molecule has 18 heavy (non-hydrogen) atoms. The molecule has 0 radical (unpaired) electrons. The first-order valence-corrected chi connectivity index (χ1v) is 6.57. The molecule has 1 aromatic heterocycles. The molecular weight excluding hydrogens is 323 g/mol. The Morgan fingerprint density at radius 2 is 2.17 bits per heavy atom. The zero-order chi connectivity index (χ0) is 13.1. The molecule has 2 rings (SSSR count). The molecule has 1 N–H and O–H groups in total. The van der Waals surface area contributed by atoms with Gasteiger partial charge in [-0.2, -0.15) is 0 Å². The van der Waals surface area contributed by atoms with E-state index < -0.39 is 11.8 Å². The number of carboxylic acids is 1. The number of thiophene rings is 1. The zero-order valence-corrected chi connectivity index (χ0v) is 11.4. The van der Waals surface area contributed by atoms with Gasteiger partial charge in [0.15, 0.2) is 11.6 Å². The van der Waals surface area contributed by atoms with E-state index in [0.29, 0.717) is 0 Å².